The lowest BCUT2D eigenvalue weighted by Gasteiger charge is -2.06. The first-order valence-corrected chi connectivity index (χ1v) is 4.63. The fourth-order valence-electron chi connectivity index (χ4n) is 0.679. The van der Waals surface area contributed by atoms with Gasteiger partial charge in [-0.1, -0.05) is 0 Å². The van der Waals surface area contributed by atoms with Gasteiger partial charge in [-0.3, -0.25) is 5.32 Å². The molecule has 72 valence electrons. The number of aryl methyl sites for hydroxylation is 1. The van der Waals surface area contributed by atoms with Crippen LogP contribution in [0.4, 0.5) is 9.93 Å². The number of ether oxygens (including phenoxy) is 1. The lowest BCUT2D eigenvalue weighted by Crippen LogP contribution is -2.17. The molecule has 0 spiro atoms. The summed E-state index contributed by atoms with van der Waals surface area (Å²) in [6.07, 6.45) is -0.625. The van der Waals surface area contributed by atoms with E-state index in [2.05, 4.69) is 14.7 Å². The Morgan fingerprint density at radius 2 is 2.31 bits per heavy atom. The predicted octanol–water partition coefficient (Wildman–Crippen LogP) is 1.80. The van der Waals surface area contributed by atoms with Crippen LogP contribution in [0.1, 0.15) is 19.7 Å². The largest absolute Gasteiger partial charge is 0.447 e. The second-order valence-electron chi connectivity index (χ2n) is 2.73. The molecule has 0 saturated heterocycles. The molecule has 1 rings (SSSR count). The van der Waals surface area contributed by atoms with Gasteiger partial charge in [0.1, 0.15) is 5.82 Å². The minimum atomic E-state index is -0.494. The molecule has 1 aromatic rings. The van der Waals surface area contributed by atoms with Crippen LogP contribution in [0.25, 0.3) is 0 Å². The highest BCUT2D eigenvalue weighted by molar-refractivity contribution is 7.09. The molecule has 5 nitrogen and oxygen atoms in total. The third-order valence-electron chi connectivity index (χ3n) is 1.08. The fourth-order valence-corrected chi connectivity index (χ4v) is 1.24. The van der Waals surface area contributed by atoms with Crippen LogP contribution in [0.2, 0.25) is 0 Å². The number of nitrogens with zero attached hydrogens (tertiary/aromatic N) is 2. The van der Waals surface area contributed by atoms with Crippen LogP contribution in [-0.2, 0) is 4.74 Å². The van der Waals surface area contributed by atoms with Crippen molar-refractivity contribution in [3.05, 3.63) is 5.82 Å². The third-order valence-corrected chi connectivity index (χ3v) is 1.80. The van der Waals surface area contributed by atoms with Crippen LogP contribution in [0.5, 0.6) is 0 Å². The molecule has 0 radical (unpaired) electrons. The predicted molar refractivity (Wildman–Crippen MR) is 49.9 cm³/mol. The summed E-state index contributed by atoms with van der Waals surface area (Å²) in [5, 5.41) is 2.94. The minimum absolute atomic E-state index is 0.131. The zero-order valence-electron chi connectivity index (χ0n) is 7.70. The molecule has 0 aliphatic carbocycles. The van der Waals surface area contributed by atoms with E-state index in [9.17, 15) is 4.79 Å². The van der Waals surface area contributed by atoms with E-state index < -0.39 is 6.09 Å². The van der Waals surface area contributed by atoms with Crippen LogP contribution in [0.3, 0.4) is 0 Å². The summed E-state index contributed by atoms with van der Waals surface area (Å²) < 4.78 is 8.76. The van der Waals surface area contributed by atoms with Gasteiger partial charge in [0, 0.05) is 11.5 Å². The van der Waals surface area contributed by atoms with Crippen LogP contribution in [0.15, 0.2) is 0 Å². The number of aromatic nitrogens is 2. The number of carbonyl (C=O) groups is 1. The van der Waals surface area contributed by atoms with E-state index in [1.165, 1.54) is 0 Å². The van der Waals surface area contributed by atoms with Crippen molar-refractivity contribution in [3.63, 3.8) is 0 Å². The first kappa shape index (κ1) is 9.91. The van der Waals surface area contributed by atoms with E-state index >= 15 is 0 Å². The van der Waals surface area contributed by atoms with E-state index in [0.29, 0.717) is 11.0 Å². The third kappa shape index (κ3) is 3.37. The molecular formula is C7H11N3O2S. The van der Waals surface area contributed by atoms with E-state index in [1.807, 2.05) is 0 Å². The number of anilines is 1. The second-order valence-corrected chi connectivity index (χ2v) is 3.48. The average molecular weight is 201 g/mol. The Morgan fingerprint density at radius 1 is 1.62 bits per heavy atom. The highest BCUT2D eigenvalue weighted by atomic mass is 32.1. The molecule has 1 N–H and O–H groups in total. The van der Waals surface area contributed by atoms with Gasteiger partial charge in [0.2, 0.25) is 5.13 Å². The van der Waals surface area contributed by atoms with Gasteiger partial charge in [0.25, 0.3) is 0 Å². The number of hydrogen-bond donors (Lipinski definition) is 1. The summed E-state index contributed by atoms with van der Waals surface area (Å²) in [7, 11) is 0. The topological polar surface area (TPSA) is 64.1 Å². The quantitative estimate of drug-likeness (QED) is 0.792. The molecule has 0 aliphatic heterocycles. The van der Waals surface area contributed by atoms with Gasteiger partial charge in [-0.15, -0.1) is 0 Å². The maximum Gasteiger partial charge on any atom is 0.413 e. The van der Waals surface area contributed by atoms with Crippen molar-refractivity contribution in [2.45, 2.75) is 26.9 Å². The maximum absolute atomic E-state index is 11.0. The molecule has 0 unspecified atom stereocenters. The Bertz CT molecular complexity index is 298. The van der Waals surface area contributed by atoms with Crippen molar-refractivity contribution in [2.24, 2.45) is 0 Å². The fraction of sp³-hybridized carbons (Fsp3) is 0.571. The summed E-state index contributed by atoms with van der Waals surface area (Å²) in [4.78, 5) is 15.0. The number of rotatable bonds is 2. The summed E-state index contributed by atoms with van der Waals surface area (Å²) in [6.45, 7) is 5.32. The monoisotopic (exact) mass is 201 g/mol. The molecule has 1 amide bonds. The molecule has 1 aromatic heterocycles. The lowest BCUT2D eigenvalue weighted by molar-refractivity contribution is 0.130. The van der Waals surface area contributed by atoms with Gasteiger partial charge in [-0.25, -0.2) is 9.78 Å². The molecular weight excluding hydrogens is 190 g/mol. The Balaban J connectivity index is 2.45. The summed E-state index contributed by atoms with van der Waals surface area (Å²) >= 11 is 1.13. The minimum Gasteiger partial charge on any atom is -0.447 e. The number of nitrogens with one attached hydrogen (secondary N) is 1. The number of amides is 1. The zero-order valence-corrected chi connectivity index (χ0v) is 8.51. The standard InChI is InChI=1S/C7H11N3O2S/c1-4(2)12-7(11)9-6-8-5(3)10-13-6/h4H,1-3H3,(H,8,9,10,11). The summed E-state index contributed by atoms with van der Waals surface area (Å²) in [6, 6.07) is 0. The van der Waals surface area contributed by atoms with E-state index in [0.717, 1.165) is 11.5 Å². The average Bonchev–Trinajstić information content (AvgIpc) is 2.33. The van der Waals surface area contributed by atoms with Crippen LogP contribution >= 0.6 is 11.5 Å². The Labute approximate surface area is 80.3 Å². The van der Waals surface area contributed by atoms with Gasteiger partial charge in [0.05, 0.1) is 6.10 Å². The van der Waals surface area contributed by atoms with E-state index in [4.69, 9.17) is 4.74 Å². The molecule has 0 aromatic carbocycles. The number of carbonyl (C=O) groups excluding carboxylic acids is 1. The van der Waals surface area contributed by atoms with Crippen molar-refractivity contribution in [1.82, 2.24) is 9.36 Å². The lowest BCUT2D eigenvalue weighted by atomic mass is 10.5. The van der Waals surface area contributed by atoms with E-state index in [1.54, 1.807) is 20.8 Å². The van der Waals surface area contributed by atoms with Crippen LogP contribution in [0, 0.1) is 6.92 Å². The summed E-state index contributed by atoms with van der Waals surface area (Å²) in [5.74, 6) is 0.643. The van der Waals surface area contributed by atoms with Crippen molar-refractivity contribution in [3.8, 4) is 0 Å². The first-order valence-electron chi connectivity index (χ1n) is 3.86. The van der Waals surface area contributed by atoms with Crippen molar-refractivity contribution in [1.29, 1.82) is 0 Å². The molecule has 6 heteroatoms. The highest BCUT2D eigenvalue weighted by Gasteiger charge is 2.07. The zero-order chi connectivity index (χ0) is 9.84. The van der Waals surface area contributed by atoms with Gasteiger partial charge < -0.3 is 4.74 Å². The normalized spacial score (nSPS) is 10.2. The number of hydrogen-bond acceptors (Lipinski definition) is 5. The smallest absolute Gasteiger partial charge is 0.413 e. The Kier molecular flexibility index (Phi) is 3.18. The SMILES string of the molecule is Cc1nsc(NC(=O)OC(C)C)n1. The van der Waals surface area contributed by atoms with Gasteiger partial charge in [0.15, 0.2) is 0 Å². The molecule has 13 heavy (non-hydrogen) atoms. The Hall–Kier alpha value is -1.17. The molecule has 1 heterocycles. The van der Waals surface area contributed by atoms with E-state index in [-0.39, 0.29) is 6.10 Å². The van der Waals surface area contributed by atoms with Crippen molar-refractivity contribution >= 4 is 22.8 Å². The highest BCUT2D eigenvalue weighted by Crippen LogP contribution is 2.10. The molecule has 0 atom stereocenters. The van der Waals surface area contributed by atoms with Gasteiger partial charge in [-0.05, 0) is 20.8 Å². The molecule has 0 aliphatic rings. The second kappa shape index (κ2) is 4.18. The summed E-state index contributed by atoms with van der Waals surface area (Å²) in [5.41, 5.74) is 0. The van der Waals surface area contributed by atoms with Gasteiger partial charge >= 0.3 is 6.09 Å². The molecule has 0 bridgehead atoms. The Morgan fingerprint density at radius 3 is 2.77 bits per heavy atom. The van der Waals surface area contributed by atoms with Gasteiger partial charge in [-0.2, -0.15) is 4.37 Å². The van der Waals surface area contributed by atoms with Crippen LogP contribution in [-0.4, -0.2) is 21.6 Å². The van der Waals surface area contributed by atoms with Crippen molar-refractivity contribution in [2.75, 3.05) is 5.32 Å². The first-order chi connectivity index (χ1) is 6.08. The maximum atomic E-state index is 11.0. The molecule has 0 fully saturated rings. The van der Waals surface area contributed by atoms with Crippen molar-refractivity contribution < 1.29 is 9.53 Å². The molecule has 0 saturated carbocycles. The van der Waals surface area contributed by atoms with Crippen LogP contribution < -0.4 is 5.32 Å².